The van der Waals surface area contributed by atoms with Gasteiger partial charge in [-0.25, -0.2) is 9.18 Å². The molecule has 2 N–H and O–H groups in total. The van der Waals surface area contributed by atoms with Crippen LogP contribution in [0.5, 0.6) is 5.75 Å². The second kappa shape index (κ2) is 6.03. The third kappa shape index (κ3) is 2.39. The van der Waals surface area contributed by atoms with Gasteiger partial charge < -0.3 is 15.5 Å². The third-order valence-electron chi connectivity index (χ3n) is 5.58. The van der Waals surface area contributed by atoms with E-state index in [9.17, 15) is 9.59 Å². The number of anilines is 1. The van der Waals surface area contributed by atoms with Crippen LogP contribution >= 0.6 is 0 Å². The summed E-state index contributed by atoms with van der Waals surface area (Å²) in [5.74, 6) is 5.87. The molecule has 26 heavy (non-hydrogen) atoms. The number of methoxy groups -OCH3 is 1. The molecule has 1 saturated carbocycles. The molecule has 0 spiro atoms. The lowest BCUT2D eigenvalue weighted by Crippen LogP contribution is -2.44. The SMILES string of the molecule is CC[C@@H]1CCN(c2c(F)cc3c(=O)n(N)c(=O)n(C4CC4)c3c2OC)C1. The van der Waals surface area contributed by atoms with Gasteiger partial charge in [-0.15, -0.1) is 0 Å². The van der Waals surface area contributed by atoms with E-state index >= 15 is 4.39 Å². The summed E-state index contributed by atoms with van der Waals surface area (Å²) in [6, 6.07) is 1.16. The van der Waals surface area contributed by atoms with Crippen molar-refractivity contribution in [3.05, 3.63) is 32.7 Å². The lowest BCUT2D eigenvalue weighted by atomic mass is 10.1. The van der Waals surface area contributed by atoms with Gasteiger partial charge in [-0.05, 0) is 31.2 Å². The van der Waals surface area contributed by atoms with Crippen LogP contribution in [0.1, 0.15) is 38.6 Å². The molecule has 2 fully saturated rings. The maximum atomic E-state index is 15.0. The summed E-state index contributed by atoms with van der Waals surface area (Å²) in [7, 11) is 1.45. The minimum Gasteiger partial charge on any atom is -0.492 e. The lowest BCUT2D eigenvalue weighted by molar-refractivity contribution is 0.412. The summed E-state index contributed by atoms with van der Waals surface area (Å²) in [6.07, 6.45) is 3.66. The molecule has 0 amide bonds. The average molecular weight is 362 g/mol. The molecule has 8 heteroatoms. The fourth-order valence-electron chi connectivity index (χ4n) is 3.97. The Hall–Kier alpha value is -2.51. The van der Waals surface area contributed by atoms with E-state index in [4.69, 9.17) is 10.6 Å². The predicted molar refractivity (Wildman–Crippen MR) is 98.0 cm³/mol. The molecule has 140 valence electrons. The Morgan fingerprint density at radius 1 is 1.31 bits per heavy atom. The maximum Gasteiger partial charge on any atom is 0.350 e. The zero-order valence-corrected chi connectivity index (χ0v) is 15.0. The van der Waals surface area contributed by atoms with Crippen molar-refractivity contribution in [2.24, 2.45) is 5.92 Å². The molecule has 1 aromatic carbocycles. The third-order valence-corrected chi connectivity index (χ3v) is 5.58. The first kappa shape index (κ1) is 16.9. The zero-order chi connectivity index (χ0) is 18.6. The van der Waals surface area contributed by atoms with E-state index in [-0.39, 0.29) is 17.2 Å². The number of fused-ring (bicyclic) bond motifs is 1. The molecule has 1 aliphatic carbocycles. The Morgan fingerprint density at radius 2 is 2.04 bits per heavy atom. The largest absolute Gasteiger partial charge is 0.492 e. The topological polar surface area (TPSA) is 82.5 Å². The number of nitrogens with zero attached hydrogens (tertiary/aromatic N) is 3. The second-order valence-corrected chi connectivity index (χ2v) is 7.20. The smallest absolute Gasteiger partial charge is 0.350 e. The van der Waals surface area contributed by atoms with E-state index in [1.807, 2.05) is 4.90 Å². The number of halogens is 1. The molecule has 7 nitrogen and oxygen atoms in total. The highest BCUT2D eigenvalue weighted by atomic mass is 19.1. The van der Waals surface area contributed by atoms with Crippen LogP contribution in [0.3, 0.4) is 0 Å². The number of hydrogen-bond donors (Lipinski definition) is 1. The predicted octanol–water partition coefficient (Wildman–Crippen LogP) is 1.60. The van der Waals surface area contributed by atoms with Crippen LogP contribution in [-0.2, 0) is 0 Å². The Kier molecular flexibility index (Phi) is 3.93. The average Bonchev–Trinajstić information content (AvgIpc) is 3.36. The first-order valence-corrected chi connectivity index (χ1v) is 9.05. The first-order valence-electron chi connectivity index (χ1n) is 9.05. The number of aromatic nitrogens is 2. The zero-order valence-electron chi connectivity index (χ0n) is 15.0. The Bertz CT molecular complexity index is 993. The highest BCUT2D eigenvalue weighted by Crippen LogP contribution is 2.43. The summed E-state index contributed by atoms with van der Waals surface area (Å²) in [5, 5.41) is 0.0725. The summed E-state index contributed by atoms with van der Waals surface area (Å²) in [4.78, 5) is 27.0. The van der Waals surface area contributed by atoms with Crippen LogP contribution in [0, 0.1) is 11.7 Å². The number of rotatable bonds is 4. The first-order chi connectivity index (χ1) is 12.5. The normalized spacial score (nSPS) is 20.1. The van der Waals surface area contributed by atoms with Crippen LogP contribution in [0.25, 0.3) is 10.9 Å². The summed E-state index contributed by atoms with van der Waals surface area (Å²) >= 11 is 0. The van der Waals surface area contributed by atoms with Crippen molar-refractivity contribution in [3.63, 3.8) is 0 Å². The number of ether oxygens (including phenoxy) is 1. The van der Waals surface area contributed by atoms with Crippen LogP contribution < -0.4 is 26.7 Å². The highest BCUT2D eigenvalue weighted by molar-refractivity contribution is 5.91. The highest BCUT2D eigenvalue weighted by Gasteiger charge is 2.33. The summed E-state index contributed by atoms with van der Waals surface area (Å²) in [5.41, 5.74) is -0.616. The minimum atomic E-state index is -0.710. The Balaban J connectivity index is 2.05. The van der Waals surface area contributed by atoms with Crippen molar-refractivity contribution in [2.45, 2.75) is 38.6 Å². The molecule has 1 aromatic heterocycles. The molecular weight excluding hydrogens is 339 g/mol. The van der Waals surface area contributed by atoms with E-state index in [1.165, 1.54) is 17.7 Å². The molecular formula is C18H23FN4O3. The van der Waals surface area contributed by atoms with Gasteiger partial charge >= 0.3 is 5.69 Å². The van der Waals surface area contributed by atoms with Crippen LogP contribution in [0.15, 0.2) is 15.7 Å². The van der Waals surface area contributed by atoms with Gasteiger partial charge in [-0.3, -0.25) is 9.36 Å². The standard InChI is InChI=1S/C18H23FN4O3/c1-3-10-6-7-21(9-10)15-13(19)8-12-14(16(15)26-2)22(11-4-5-11)18(25)23(20)17(12)24/h8,10-11H,3-7,9,20H2,1-2H3/t10-/m1/s1. The van der Waals surface area contributed by atoms with Gasteiger partial charge in [0.1, 0.15) is 11.2 Å². The summed E-state index contributed by atoms with van der Waals surface area (Å²) < 4.78 is 22.6. The molecule has 4 rings (SSSR count). The van der Waals surface area contributed by atoms with Crippen molar-refractivity contribution in [1.82, 2.24) is 9.24 Å². The molecule has 2 aliphatic rings. The molecule has 0 radical (unpaired) electrons. The van der Waals surface area contributed by atoms with E-state index in [2.05, 4.69) is 6.92 Å². The van der Waals surface area contributed by atoms with Crippen LogP contribution in [-0.4, -0.2) is 29.4 Å². The van der Waals surface area contributed by atoms with Gasteiger partial charge in [0.2, 0.25) is 0 Å². The number of nitrogens with two attached hydrogens (primary N) is 1. The molecule has 1 atom stereocenters. The monoisotopic (exact) mass is 362 g/mol. The molecule has 2 aromatic rings. The Labute approximate surface area is 149 Å². The van der Waals surface area contributed by atoms with Crippen molar-refractivity contribution in [1.29, 1.82) is 0 Å². The van der Waals surface area contributed by atoms with Gasteiger partial charge in [0.05, 0.1) is 12.5 Å². The van der Waals surface area contributed by atoms with E-state index in [0.717, 1.165) is 38.8 Å². The van der Waals surface area contributed by atoms with Crippen molar-refractivity contribution < 1.29 is 9.13 Å². The number of nitrogen functional groups attached to an aromatic ring is 1. The van der Waals surface area contributed by atoms with Crippen molar-refractivity contribution in [3.8, 4) is 5.75 Å². The maximum absolute atomic E-state index is 15.0. The minimum absolute atomic E-state index is 0.0328. The van der Waals surface area contributed by atoms with Crippen LogP contribution in [0.2, 0.25) is 0 Å². The van der Waals surface area contributed by atoms with Crippen LogP contribution in [0.4, 0.5) is 10.1 Å². The van der Waals surface area contributed by atoms with Gasteiger partial charge in [-0.1, -0.05) is 13.3 Å². The van der Waals surface area contributed by atoms with Gasteiger partial charge in [-0.2, -0.15) is 4.68 Å². The fourth-order valence-corrected chi connectivity index (χ4v) is 3.97. The van der Waals surface area contributed by atoms with Crippen molar-refractivity contribution in [2.75, 3.05) is 30.9 Å². The Morgan fingerprint density at radius 3 is 2.62 bits per heavy atom. The van der Waals surface area contributed by atoms with E-state index in [0.29, 0.717) is 21.8 Å². The van der Waals surface area contributed by atoms with Gasteiger partial charge in [0.25, 0.3) is 5.56 Å². The molecule has 0 bridgehead atoms. The number of benzene rings is 1. The van der Waals surface area contributed by atoms with Gasteiger partial charge in [0, 0.05) is 19.1 Å². The van der Waals surface area contributed by atoms with E-state index < -0.39 is 17.1 Å². The fraction of sp³-hybridized carbons (Fsp3) is 0.556. The van der Waals surface area contributed by atoms with Gasteiger partial charge in [0.15, 0.2) is 11.6 Å². The lowest BCUT2D eigenvalue weighted by Gasteiger charge is -2.24. The quantitative estimate of drug-likeness (QED) is 0.836. The summed E-state index contributed by atoms with van der Waals surface area (Å²) in [6.45, 7) is 3.58. The second-order valence-electron chi connectivity index (χ2n) is 7.20. The molecule has 1 aliphatic heterocycles. The molecule has 2 heterocycles. The number of hydrogen-bond acceptors (Lipinski definition) is 5. The van der Waals surface area contributed by atoms with Crippen molar-refractivity contribution >= 4 is 16.6 Å². The molecule has 1 saturated heterocycles. The molecule has 0 unspecified atom stereocenters. The van der Waals surface area contributed by atoms with E-state index in [1.54, 1.807) is 0 Å².